The SMILES string of the molecule is CCOC(=O)c1nonc1C(=O)NN. The first-order valence-electron chi connectivity index (χ1n) is 3.71. The predicted octanol–water partition coefficient (Wildman–Crippen LogP) is -1.15. The summed E-state index contributed by atoms with van der Waals surface area (Å²) in [7, 11) is 0. The lowest BCUT2D eigenvalue weighted by molar-refractivity contribution is 0.0511. The summed E-state index contributed by atoms with van der Waals surface area (Å²) in [6, 6.07) is 0. The molecule has 0 saturated heterocycles. The van der Waals surface area contributed by atoms with Gasteiger partial charge in [0.25, 0.3) is 5.91 Å². The lowest BCUT2D eigenvalue weighted by atomic mass is 10.3. The van der Waals surface area contributed by atoms with E-state index in [1.165, 1.54) is 0 Å². The van der Waals surface area contributed by atoms with Gasteiger partial charge in [0.2, 0.25) is 11.4 Å². The number of esters is 1. The normalized spacial score (nSPS) is 9.57. The highest BCUT2D eigenvalue weighted by atomic mass is 16.6. The highest BCUT2D eigenvalue weighted by Gasteiger charge is 2.24. The van der Waals surface area contributed by atoms with Crippen molar-refractivity contribution in [3.05, 3.63) is 11.4 Å². The number of hydrazine groups is 1. The van der Waals surface area contributed by atoms with Gasteiger partial charge in [0.05, 0.1) is 6.61 Å². The predicted molar refractivity (Wildman–Crippen MR) is 41.9 cm³/mol. The fraction of sp³-hybridized carbons (Fsp3) is 0.333. The number of nitrogens with two attached hydrogens (primary N) is 1. The molecule has 0 unspecified atom stereocenters. The van der Waals surface area contributed by atoms with Crippen LogP contribution in [0.5, 0.6) is 0 Å². The molecule has 0 aliphatic heterocycles. The maximum absolute atomic E-state index is 11.1. The van der Waals surface area contributed by atoms with Crippen molar-refractivity contribution in [2.24, 2.45) is 5.84 Å². The van der Waals surface area contributed by atoms with E-state index in [0.29, 0.717) is 0 Å². The maximum Gasteiger partial charge on any atom is 0.363 e. The molecule has 1 rings (SSSR count). The number of hydrogen-bond acceptors (Lipinski definition) is 7. The zero-order valence-corrected chi connectivity index (χ0v) is 7.31. The van der Waals surface area contributed by atoms with Crippen LogP contribution < -0.4 is 11.3 Å². The quantitative estimate of drug-likeness (QED) is 0.273. The fourth-order valence-electron chi connectivity index (χ4n) is 0.739. The summed E-state index contributed by atoms with van der Waals surface area (Å²) >= 11 is 0. The number of nitrogens with zero attached hydrogens (tertiary/aromatic N) is 2. The smallest absolute Gasteiger partial charge is 0.363 e. The summed E-state index contributed by atoms with van der Waals surface area (Å²) in [6.07, 6.45) is 0. The number of nitrogen functional groups attached to an aromatic ring is 1. The molecule has 0 aliphatic carbocycles. The molecule has 0 radical (unpaired) electrons. The molecular formula is C6H8N4O4. The van der Waals surface area contributed by atoms with E-state index in [1.807, 2.05) is 0 Å². The second kappa shape index (κ2) is 4.33. The first kappa shape index (κ1) is 10.1. The van der Waals surface area contributed by atoms with Crippen molar-refractivity contribution in [2.75, 3.05) is 6.61 Å². The molecule has 1 heterocycles. The first-order chi connectivity index (χ1) is 6.70. The van der Waals surface area contributed by atoms with Gasteiger partial charge in [-0.15, -0.1) is 0 Å². The number of hydrogen-bond donors (Lipinski definition) is 2. The zero-order chi connectivity index (χ0) is 10.6. The molecule has 0 bridgehead atoms. The minimum Gasteiger partial charge on any atom is -0.461 e. The Morgan fingerprint density at radius 1 is 1.50 bits per heavy atom. The Kier molecular flexibility index (Phi) is 3.13. The van der Waals surface area contributed by atoms with Crippen molar-refractivity contribution in [1.29, 1.82) is 0 Å². The van der Waals surface area contributed by atoms with Crippen LogP contribution in [0.25, 0.3) is 0 Å². The van der Waals surface area contributed by atoms with Crippen molar-refractivity contribution in [3.63, 3.8) is 0 Å². The van der Waals surface area contributed by atoms with Crippen LogP contribution in [0, 0.1) is 0 Å². The Morgan fingerprint density at radius 3 is 2.71 bits per heavy atom. The van der Waals surface area contributed by atoms with Gasteiger partial charge in [-0.25, -0.2) is 15.3 Å². The summed E-state index contributed by atoms with van der Waals surface area (Å²) in [5.41, 5.74) is 1.20. The lowest BCUT2D eigenvalue weighted by Crippen LogP contribution is -2.31. The first-order valence-corrected chi connectivity index (χ1v) is 3.71. The molecule has 0 fully saturated rings. The molecule has 0 saturated carbocycles. The van der Waals surface area contributed by atoms with E-state index < -0.39 is 11.9 Å². The van der Waals surface area contributed by atoms with Crippen LogP contribution in [-0.4, -0.2) is 28.8 Å². The van der Waals surface area contributed by atoms with E-state index >= 15 is 0 Å². The average Bonchev–Trinajstić information content (AvgIpc) is 2.65. The van der Waals surface area contributed by atoms with Gasteiger partial charge >= 0.3 is 5.97 Å². The van der Waals surface area contributed by atoms with Crippen molar-refractivity contribution >= 4 is 11.9 Å². The van der Waals surface area contributed by atoms with Crippen LogP contribution in [-0.2, 0) is 4.74 Å². The summed E-state index contributed by atoms with van der Waals surface area (Å²) in [4.78, 5) is 22.1. The van der Waals surface area contributed by atoms with E-state index in [-0.39, 0.29) is 18.0 Å². The van der Waals surface area contributed by atoms with E-state index in [9.17, 15) is 9.59 Å². The van der Waals surface area contributed by atoms with Crippen LogP contribution in [0.1, 0.15) is 27.9 Å². The molecule has 1 aromatic heterocycles. The highest BCUT2D eigenvalue weighted by Crippen LogP contribution is 2.04. The van der Waals surface area contributed by atoms with Crippen LogP contribution in [0.2, 0.25) is 0 Å². The van der Waals surface area contributed by atoms with Crippen LogP contribution >= 0.6 is 0 Å². The molecule has 76 valence electrons. The molecule has 8 heteroatoms. The number of rotatable bonds is 3. The lowest BCUT2D eigenvalue weighted by Gasteiger charge is -1.97. The third-order valence-electron chi connectivity index (χ3n) is 1.30. The van der Waals surface area contributed by atoms with Gasteiger partial charge in [-0.1, -0.05) is 0 Å². The number of amides is 1. The minimum atomic E-state index is -0.785. The second-order valence-corrected chi connectivity index (χ2v) is 2.16. The third-order valence-corrected chi connectivity index (χ3v) is 1.30. The number of carbonyl (C=O) groups excluding carboxylic acids is 2. The molecule has 0 atom stereocenters. The van der Waals surface area contributed by atoms with Crippen LogP contribution in [0.4, 0.5) is 0 Å². The Bertz CT molecular complexity index is 347. The number of aromatic nitrogens is 2. The largest absolute Gasteiger partial charge is 0.461 e. The van der Waals surface area contributed by atoms with Gasteiger partial charge in [0.1, 0.15) is 0 Å². The summed E-state index contributed by atoms with van der Waals surface area (Å²) < 4.78 is 8.82. The molecule has 3 N–H and O–H groups in total. The highest BCUT2D eigenvalue weighted by molar-refractivity contribution is 6.02. The number of carbonyl (C=O) groups is 2. The monoisotopic (exact) mass is 200 g/mol. The Labute approximate surface area is 78.3 Å². The fourth-order valence-corrected chi connectivity index (χ4v) is 0.739. The molecule has 1 aromatic rings. The Hall–Kier alpha value is -1.96. The Morgan fingerprint density at radius 2 is 2.14 bits per heavy atom. The van der Waals surface area contributed by atoms with Gasteiger partial charge in [0, 0.05) is 0 Å². The van der Waals surface area contributed by atoms with Crippen LogP contribution in [0.3, 0.4) is 0 Å². The van der Waals surface area contributed by atoms with Crippen LogP contribution in [0.15, 0.2) is 4.63 Å². The minimum absolute atomic E-state index is 0.162. The van der Waals surface area contributed by atoms with E-state index in [2.05, 4.69) is 19.7 Å². The van der Waals surface area contributed by atoms with Gasteiger partial charge in [-0.3, -0.25) is 10.2 Å². The maximum atomic E-state index is 11.1. The zero-order valence-electron chi connectivity index (χ0n) is 7.31. The number of nitrogens with one attached hydrogen (secondary N) is 1. The van der Waals surface area contributed by atoms with Gasteiger partial charge in [-0.2, -0.15) is 0 Å². The average molecular weight is 200 g/mol. The standard InChI is InChI=1S/C6H8N4O4/c1-2-13-6(12)4-3(5(11)8-7)9-14-10-4/h2,7H2,1H3,(H,8,11). The van der Waals surface area contributed by atoms with E-state index in [0.717, 1.165) is 0 Å². The van der Waals surface area contributed by atoms with Gasteiger partial charge < -0.3 is 4.74 Å². The van der Waals surface area contributed by atoms with Crippen molar-refractivity contribution in [2.45, 2.75) is 6.92 Å². The molecular weight excluding hydrogens is 192 g/mol. The molecule has 8 nitrogen and oxygen atoms in total. The van der Waals surface area contributed by atoms with Gasteiger partial charge in [-0.05, 0) is 17.2 Å². The van der Waals surface area contributed by atoms with Crippen molar-refractivity contribution in [1.82, 2.24) is 15.7 Å². The number of ether oxygens (including phenoxy) is 1. The summed E-state index contributed by atoms with van der Waals surface area (Å²) in [5.74, 6) is 3.29. The van der Waals surface area contributed by atoms with Crippen molar-refractivity contribution in [3.8, 4) is 0 Å². The molecule has 1 amide bonds. The van der Waals surface area contributed by atoms with Crippen molar-refractivity contribution < 1.29 is 19.0 Å². The summed E-state index contributed by atoms with van der Waals surface area (Å²) in [5, 5.41) is 6.44. The Balaban J connectivity index is 2.92. The topological polar surface area (TPSA) is 120 Å². The molecule has 0 spiro atoms. The molecule has 14 heavy (non-hydrogen) atoms. The second-order valence-electron chi connectivity index (χ2n) is 2.16. The third kappa shape index (κ3) is 1.85. The summed E-state index contributed by atoms with van der Waals surface area (Å²) in [6.45, 7) is 1.78. The van der Waals surface area contributed by atoms with Gasteiger partial charge in [0.15, 0.2) is 0 Å². The molecule has 0 aliphatic rings. The van der Waals surface area contributed by atoms with E-state index in [4.69, 9.17) is 5.84 Å². The molecule has 0 aromatic carbocycles. The van der Waals surface area contributed by atoms with E-state index in [1.54, 1.807) is 12.3 Å².